The van der Waals surface area contributed by atoms with E-state index in [4.69, 9.17) is 17.3 Å². The van der Waals surface area contributed by atoms with Crippen LogP contribution in [0.4, 0.5) is 0 Å². The van der Waals surface area contributed by atoms with Gasteiger partial charge in [-0.3, -0.25) is 19.8 Å². The average Bonchev–Trinajstić information content (AvgIpc) is 2.52. The maximum atomic E-state index is 12.2. The average molecular weight is 362 g/mol. The van der Waals surface area contributed by atoms with Gasteiger partial charge in [-0.05, 0) is 18.3 Å². The summed E-state index contributed by atoms with van der Waals surface area (Å²) in [5.41, 5.74) is -0.432. The van der Waals surface area contributed by atoms with Gasteiger partial charge in [0.25, 0.3) is 11.8 Å². The topological polar surface area (TPSA) is 130 Å². The van der Waals surface area contributed by atoms with Crippen molar-refractivity contribution in [2.75, 3.05) is 13.2 Å². The van der Waals surface area contributed by atoms with Crippen molar-refractivity contribution < 1.29 is 30.0 Å². The van der Waals surface area contributed by atoms with E-state index in [0.29, 0.717) is 0 Å². The molecule has 0 radical (unpaired) electrons. The Balaban J connectivity index is 2.99. The molecular formula is C13H18N2O6S2. The molecule has 1 fully saturated rings. The molecule has 1 aliphatic heterocycles. The summed E-state index contributed by atoms with van der Waals surface area (Å²) in [4.78, 5) is 25.1. The Morgan fingerprint density at radius 2 is 1.91 bits per heavy atom. The zero-order valence-corrected chi connectivity index (χ0v) is 13.7. The van der Waals surface area contributed by atoms with Gasteiger partial charge >= 0.3 is 0 Å². The van der Waals surface area contributed by atoms with Gasteiger partial charge in [-0.15, -0.1) is 6.58 Å². The highest BCUT2D eigenvalue weighted by Crippen LogP contribution is 2.15. The molecule has 0 aromatic rings. The van der Waals surface area contributed by atoms with Crippen molar-refractivity contribution in [2.45, 2.75) is 23.6 Å². The predicted molar refractivity (Wildman–Crippen MR) is 88.6 cm³/mol. The van der Waals surface area contributed by atoms with Crippen molar-refractivity contribution in [3.05, 3.63) is 24.3 Å². The highest BCUT2D eigenvalue weighted by molar-refractivity contribution is 7.81. The number of thiocarbonyl (C=S) groups is 1. The molecule has 0 spiro atoms. The molecule has 10 heteroatoms. The first-order valence-electron chi connectivity index (χ1n) is 6.57. The lowest BCUT2D eigenvalue weighted by molar-refractivity contribution is -0.129. The molecule has 0 bridgehead atoms. The monoisotopic (exact) mass is 362 g/mol. The summed E-state index contributed by atoms with van der Waals surface area (Å²) in [5.74, 6) is -1.59. The Morgan fingerprint density at radius 3 is 2.43 bits per heavy atom. The van der Waals surface area contributed by atoms with E-state index in [1.807, 2.05) is 0 Å². The van der Waals surface area contributed by atoms with Gasteiger partial charge in [-0.2, -0.15) is 12.6 Å². The van der Waals surface area contributed by atoms with Gasteiger partial charge < -0.3 is 20.4 Å². The van der Waals surface area contributed by atoms with Crippen LogP contribution in [-0.4, -0.2) is 79.0 Å². The minimum absolute atomic E-state index is 0.0553. The Labute approximate surface area is 143 Å². The molecule has 4 atom stereocenters. The maximum absolute atomic E-state index is 12.2. The lowest BCUT2D eigenvalue weighted by Gasteiger charge is -2.29. The van der Waals surface area contributed by atoms with Crippen molar-refractivity contribution in [2.24, 2.45) is 0 Å². The number of amides is 2. The molecule has 1 rings (SSSR count). The van der Waals surface area contributed by atoms with Crippen LogP contribution in [0, 0.1) is 0 Å². The Bertz CT molecular complexity index is 539. The first kappa shape index (κ1) is 19.7. The number of hydrogen-bond donors (Lipinski definition) is 6. The van der Waals surface area contributed by atoms with Crippen LogP contribution in [0.3, 0.4) is 0 Å². The fraction of sp³-hybridized carbons (Fsp3) is 0.462. The molecule has 0 unspecified atom stereocenters. The Morgan fingerprint density at radius 1 is 1.30 bits per heavy atom. The fourth-order valence-electron chi connectivity index (χ4n) is 1.82. The quantitative estimate of drug-likeness (QED) is 0.0989. The van der Waals surface area contributed by atoms with Gasteiger partial charge in [0.05, 0.1) is 18.0 Å². The third-order valence-corrected chi connectivity index (χ3v) is 3.91. The summed E-state index contributed by atoms with van der Waals surface area (Å²) in [6.07, 6.45) is -2.82. The smallest absolute Gasteiger partial charge is 0.265 e. The van der Waals surface area contributed by atoms with Gasteiger partial charge in [-0.1, -0.05) is 6.08 Å². The van der Waals surface area contributed by atoms with Crippen molar-refractivity contribution in [1.82, 2.24) is 10.2 Å². The van der Waals surface area contributed by atoms with Crippen LogP contribution < -0.4 is 5.32 Å². The second-order valence-corrected chi connectivity index (χ2v) is 5.82. The molecule has 1 aliphatic rings. The van der Waals surface area contributed by atoms with E-state index in [-0.39, 0.29) is 11.7 Å². The summed E-state index contributed by atoms with van der Waals surface area (Å²) in [5, 5.41) is 39.4. The minimum Gasteiger partial charge on any atom is -0.395 e. The first-order chi connectivity index (χ1) is 10.7. The van der Waals surface area contributed by atoms with E-state index < -0.39 is 47.6 Å². The van der Waals surface area contributed by atoms with Gasteiger partial charge in [0.15, 0.2) is 5.11 Å². The van der Waals surface area contributed by atoms with Crippen LogP contribution in [0.15, 0.2) is 24.3 Å². The van der Waals surface area contributed by atoms with Gasteiger partial charge in [0.2, 0.25) is 0 Å². The number of carbonyl (C=O) groups is 2. The number of aliphatic hydroxyl groups is 4. The molecular weight excluding hydrogens is 344 g/mol. The molecule has 2 amide bonds. The number of hydrogen-bond acceptors (Lipinski definition) is 8. The molecule has 128 valence electrons. The zero-order valence-electron chi connectivity index (χ0n) is 12.0. The maximum Gasteiger partial charge on any atom is 0.265 e. The number of carbonyl (C=O) groups excluding carboxylic acids is 2. The second kappa shape index (κ2) is 8.52. The van der Waals surface area contributed by atoms with Crippen LogP contribution in [0.2, 0.25) is 0 Å². The highest BCUT2D eigenvalue weighted by Gasteiger charge is 2.35. The highest BCUT2D eigenvalue weighted by atomic mass is 32.1. The number of nitrogens with one attached hydrogen (secondary N) is 1. The SMILES string of the molecule is C=CCN1C(=O)/C(=C/[C@H](O)[C@@H](O)[C@H](O)[C@H](S)CO)C(=O)NC1=S. The molecule has 0 aromatic carbocycles. The van der Waals surface area contributed by atoms with E-state index in [2.05, 4.69) is 24.5 Å². The third kappa shape index (κ3) is 4.59. The van der Waals surface area contributed by atoms with Crippen LogP contribution in [0.5, 0.6) is 0 Å². The predicted octanol–water partition coefficient (Wildman–Crippen LogP) is -2.28. The van der Waals surface area contributed by atoms with Crippen molar-refractivity contribution in [1.29, 1.82) is 0 Å². The molecule has 0 aliphatic carbocycles. The van der Waals surface area contributed by atoms with Crippen molar-refractivity contribution >= 4 is 41.8 Å². The van der Waals surface area contributed by atoms with Crippen LogP contribution in [0.1, 0.15) is 0 Å². The van der Waals surface area contributed by atoms with E-state index >= 15 is 0 Å². The third-order valence-electron chi connectivity index (χ3n) is 3.12. The first-order valence-corrected chi connectivity index (χ1v) is 7.50. The molecule has 5 N–H and O–H groups in total. The van der Waals surface area contributed by atoms with Crippen molar-refractivity contribution in [3.63, 3.8) is 0 Å². The summed E-state index contributed by atoms with van der Waals surface area (Å²) >= 11 is 8.70. The Hall–Kier alpha value is -1.30. The standard InChI is InChI=1S/C13H18N2O6S2/c1-2-3-15-12(21)6(11(20)14-13(15)23)4-7(17)9(18)10(19)8(22)5-16/h2,4,7-10,16-19,22H,1,3,5H2,(H,14,20,23)/b6-4+/t7-,8+,9+,10+/m0/s1. The van der Waals surface area contributed by atoms with Crippen LogP contribution in [0.25, 0.3) is 0 Å². The van der Waals surface area contributed by atoms with Gasteiger partial charge in [0, 0.05) is 6.54 Å². The number of aliphatic hydroxyl groups excluding tert-OH is 4. The summed E-state index contributed by atoms with van der Waals surface area (Å²) in [7, 11) is 0. The molecule has 0 saturated carbocycles. The number of nitrogens with zero attached hydrogens (tertiary/aromatic N) is 1. The normalized spacial score (nSPS) is 22.6. The molecule has 1 heterocycles. The van der Waals surface area contributed by atoms with E-state index in [9.17, 15) is 24.9 Å². The second-order valence-electron chi connectivity index (χ2n) is 4.77. The van der Waals surface area contributed by atoms with E-state index in [1.165, 1.54) is 6.08 Å². The van der Waals surface area contributed by atoms with Gasteiger partial charge in [0.1, 0.15) is 17.8 Å². The molecule has 23 heavy (non-hydrogen) atoms. The van der Waals surface area contributed by atoms with Gasteiger partial charge in [-0.25, -0.2) is 0 Å². The van der Waals surface area contributed by atoms with Crippen LogP contribution in [-0.2, 0) is 9.59 Å². The van der Waals surface area contributed by atoms with E-state index in [0.717, 1.165) is 11.0 Å². The van der Waals surface area contributed by atoms with Crippen molar-refractivity contribution in [3.8, 4) is 0 Å². The summed E-state index contributed by atoms with van der Waals surface area (Å²) < 4.78 is 0. The summed E-state index contributed by atoms with van der Waals surface area (Å²) in [6, 6.07) is 0. The Kier molecular flexibility index (Phi) is 7.32. The van der Waals surface area contributed by atoms with E-state index in [1.54, 1.807) is 0 Å². The summed E-state index contributed by atoms with van der Waals surface area (Å²) in [6.45, 7) is 2.99. The molecule has 8 nitrogen and oxygen atoms in total. The fourth-order valence-corrected chi connectivity index (χ4v) is 2.24. The minimum atomic E-state index is -1.75. The zero-order chi connectivity index (χ0) is 17.7. The lowest BCUT2D eigenvalue weighted by atomic mass is 10.0. The molecule has 1 saturated heterocycles. The molecule has 0 aromatic heterocycles. The van der Waals surface area contributed by atoms with Crippen LogP contribution >= 0.6 is 24.8 Å². The number of rotatable bonds is 7. The number of thiol groups is 1. The largest absolute Gasteiger partial charge is 0.395 e. The lowest BCUT2D eigenvalue weighted by Crippen LogP contribution is -2.54.